The second kappa shape index (κ2) is 5.41. The van der Waals surface area contributed by atoms with Crippen LogP contribution in [0.1, 0.15) is 5.56 Å². The summed E-state index contributed by atoms with van der Waals surface area (Å²) < 4.78 is 10.7. The standard InChI is InChI=1S/C7H8OS2.Na/c1-6-2-4-7(5-3-6)10(8)9;/h2-5H,1H3,(H,8,9);/q;+1/p-1. The largest absolute Gasteiger partial charge is 1.00 e. The number of hydrogen-bond acceptors (Lipinski definition) is 2. The van der Waals surface area contributed by atoms with E-state index >= 15 is 0 Å². The molecule has 1 aromatic rings. The van der Waals surface area contributed by atoms with Crippen LogP contribution in [0.3, 0.4) is 0 Å². The van der Waals surface area contributed by atoms with Gasteiger partial charge in [0.15, 0.2) is 0 Å². The fourth-order valence-electron chi connectivity index (χ4n) is 0.649. The molecule has 4 heteroatoms. The average molecular weight is 194 g/mol. The van der Waals surface area contributed by atoms with E-state index in [1.165, 1.54) is 0 Å². The summed E-state index contributed by atoms with van der Waals surface area (Å²) in [5, 5.41) is 0. The van der Waals surface area contributed by atoms with E-state index < -0.39 is 9.74 Å². The molecule has 0 fully saturated rings. The molecular weight excluding hydrogens is 187 g/mol. The van der Waals surface area contributed by atoms with E-state index in [0.717, 1.165) is 5.56 Å². The summed E-state index contributed by atoms with van der Waals surface area (Å²) in [6, 6.07) is 7.38. The van der Waals surface area contributed by atoms with Crippen molar-refractivity contribution in [2.45, 2.75) is 11.8 Å². The van der Waals surface area contributed by atoms with E-state index in [1.807, 2.05) is 19.1 Å². The number of aryl methyl sites for hydroxylation is 1. The van der Waals surface area contributed by atoms with Crippen molar-refractivity contribution in [2.75, 3.05) is 0 Å². The molecule has 0 radical (unpaired) electrons. The fraction of sp³-hybridized carbons (Fsp3) is 0.143. The van der Waals surface area contributed by atoms with E-state index in [9.17, 15) is 4.55 Å². The summed E-state index contributed by atoms with van der Waals surface area (Å²) in [7, 11) is -1.25. The second-order valence-corrected chi connectivity index (χ2v) is 3.90. The normalized spacial score (nSPS) is 11.8. The summed E-state index contributed by atoms with van der Waals surface area (Å²) >= 11 is 4.56. The summed E-state index contributed by atoms with van der Waals surface area (Å²) in [5.41, 5.74) is 1.16. The first kappa shape index (κ1) is 11.8. The average Bonchev–Trinajstić information content (AvgIpc) is 1.88. The van der Waals surface area contributed by atoms with Gasteiger partial charge in [0, 0.05) is 0 Å². The van der Waals surface area contributed by atoms with Gasteiger partial charge in [0.2, 0.25) is 0 Å². The van der Waals surface area contributed by atoms with Gasteiger partial charge in [0.1, 0.15) is 0 Å². The third-order valence-corrected chi connectivity index (χ3v) is 2.45. The van der Waals surface area contributed by atoms with Gasteiger partial charge in [-0.25, -0.2) is 0 Å². The van der Waals surface area contributed by atoms with Gasteiger partial charge >= 0.3 is 29.6 Å². The minimum Gasteiger partial charge on any atom is -0.791 e. The number of hydrogen-bond donors (Lipinski definition) is 0. The molecule has 1 aromatic carbocycles. The van der Waals surface area contributed by atoms with Crippen molar-refractivity contribution < 1.29 is 34.1 Å². The first-order chi connectivity index (χ1) is 4.70. The molecule has 1 nitrogen and oxygen atoms in total. The molecule has 11 heavy (non-hydrogen) atoms. The molecule has 54 valence electrons. The first-order valence-corrected chi connectivity index (χ1v) is 4.93. The van der Waals surface area contributed by atoms with Crippen molar-refractivity contribution >= 4 is 20.9 Å². The van der Waals surface area contributed by atoms with Gasteiger partial charge in [0.25, 0.3) is 0 Å². The van der Waals surface area contributed by atoms with Crippen LogP contribution in [0.5, 0.6) is 0 Å². The van der Waals surface area contributed by atoms with Crippen molar-refractivity contribution in [3.05, 3.63) is 29.8 Å². The van der Waals surface area contributed by atoms with Crippen LogP contribution in [0, 0.1) is 6.92 Å². The third kappa shape index (κ3) is 3.78. The van der Waals surface area contributed by atoms with Crippen LogP contribution in [-0.2, 0) is 20.9 Å². The zero-order chi connectivity index (χ0) is 7.56. The summed E-state index contributed by atoms with van der Waals surface area (Å²) in [5.74, 6) is 0. The van der Waals surface area contributed by atoms with Gasteiger partial charge in [-0.2, -0.15) is 9.74 Å². The molecule has 1 rings (SSSR count). The molecule has 0 heterocycles. The Morgan fingerprint density at radius 1 is 1.27 bits per heavy atom. The smallest absolute Gasteiger partial charge is 0.791 e. The van der Waals surface area contributed by atoms with Crippen LogP contribution in [-0.4, -0.2) is 4.55 Å². The third-order valence-electron chi connectivity index (χ3n) is 1.21. The Bertz CT molecular complexity index is 245. The molecular formula is C7H7NaOS2. The van der Waals surface area contributed by atoms with Gasteiger partial charge in [-0.1, -0.05) is 28.9 Å². The Labute approximate surface area is 95.9 Å². The molecule has 1 atom stereocenters. The molecule has 0 aliphatic heterocycles. The predicted molar refractivity (Wildman–Crippen MR) is 45.0 cm³/mol. The quantitative estimate of drug-likeness (QED) is 0.512. The topological polar surface area (TPSA) is 23.1 Å². The Balaban J connectivity index is 0.000001000. The Morgan fingerprint density at radius 2 is 1.73 bits per heavy atom. The monoisotopic (exact) mass is 194 g/mol. The SMILES string of the molecule is Cc1ccc(S([O-])=S)cc1.[Na+]. The van der Waals surface area contributed by atoms with Crippen LogP contribution < -0.4 is 29.6 Å². The Morgan fingerprint density at radius 3 is 2.09 bits per heavy atom. The predicted octanol–water partition coefficient (Wildman–Crippen LogP) is -1.43. The first-order valence-electron chi connectivity index (χ1n) is 2.86. The van der Waals surface area contributed by atoms with Crippen molar-refractivity contribution in [2.24, 2.45) is 0 Å². The van der Waals surface area contributed by atoms with E-state index in [2.05, 4.69) is 11.2 Å². The Hall–Kier alpha value is 0.750. The molecule has 0 amide bonds. The van der Waals surface area contributed by atoms with Gasteiger partial charge < -0.3 is 4.55 Å². The summed E-state index contributed by atoms with van der Waals surface area (Å²) in [4.78, 5) is 0.709. The number of rotatable bonds is 1. The second-order valence-electron chi connectivity index (χ2n) is 2.05. The van der Waals surface area contributed by atoms with Crippen LogP contribution >= 0.6 is 0 Å². The molecule has 0 saturated heterocycles. The summed E-state index contributed by atoms with van der Waals surface area (Å²) in [6.07, 6.45) is 0. The van der Waals surface area contributed by atoms with Crippen LogP contribution in [0.25, 0.3) is 0 Å². The maximum Gasteiger partial charge on any atom is 1.00 e. The molecule has 0 bridgehead atoms. The van der Waals surface area contributed by atoms with Crippen molar-refractivity contribution in [3.8, 4) is 0 Å². The zero-order valence-corrected chi connectivity index (χ0v) is 10.2. The molecule has 0 aliphatic rings. The molecule has 0 aromatic heterocycles. The van der Waals surface area contributed by atoms with Crippen LogP contribution in [0.4, 0.5) is 0 Å². The van der Waals surface area contributed by atoms with Gasteiger partial charge in [-0.15, -0.1) is 0 Å². The van der Waals surface area contributed by atoms with Crippen LogP contribution in [0.15, 0.2) is 29.2 Å². The van der Waals surface area contributed by atoms with E-state index in [0.29, 0.717) is 4.90 Å². The summed E-state index contributed by atoms with van der Waals surface area (Å²) in [6.45, 7) is 1.98. The maximum atomic E-state index is 10.7. The van der Waals surface area contributed by atoms with Gasteiger partial charge in [-0.3, -0.25) is 0 Å². The molecule has 0 spiro atoms. The minimum absolute atomic E-state index is 0. The van der Waals surface area contributed by atoms with E-state index in [4.69, 9.17) is 0 Å². The van der Waals surface area contributed by atoms with E-state index in [-0.39, 0.29) is 29.6 Å². The van der Waals surface area contributed by atoms with E-state index in [1.54, 1.807) is 12.1 Å². The minimum atomic E-state index is -1.25. The maximum absolute atomic E-state index is 10.7. The van der Waals surface area contributed by atoms with Crippen molar-refractivity contribution in [1.29, 1.82) is 0 Å². The van der Waals surface area contributed by atoms with Crippen molar-refractivity contribution in [3.63, 3.8) is 0 Å². The van der Waals surface area contributed by atoms with Gasteiger partial charge in [0.05, 0.1) is 0 Å². The zero-order valence-electron chi connectivity index (χ0n) is 6.53. The molecule has 1 unspecified atom stereocenters. The number of benzene rings is 1. The van der Waals surface area contributed by atoms with Crippen molar-refractivity contribution in [1.82, 2.24) is 0 Å². The molecule has 0 N–H and O–H groups in total. The molecule has 0 saturated carbocycles. The van der Waals surface area contributed by atoms with Crippen LogP contribution in [0.2, 0.25) is 0 Å². The fourth-order valence-corrected chi connectivity index (χ4v) is 1.34. The Kier molecular flexibility index (Phi) is 5.77. The molecule has 0 aliphatic carbocycles. The van der Waals surface area contributed by atoms with Gasteiger partial charge in [-0.05, 0) is 24.0 Å².